The summed E-state index contributed by atoms with van der Waals surface area (Å²) in [6.45, 7) is 0.337. The van der Waals surface area contributed by atoms with Crippen LogP contribution in [0.25, 0.3) is 11.0 Å². The molecule has 7 nitrogen and oxygen atoms in total. The number of carbonyl (C=O) groups is 2. The van der Waals surface area contributed by atoms with E-state index >= 15 is 0 Å². The maximum Gasteiger partial charge on any atom is 0.270 e. The van der Waals surface area contributed by atoms with Crippen molar-refractivity contribution in [3.63, 3.8) is 0 Å². The zero-order valence-corrected chi connectivity index (χ0v) is 15.2. The summed E-state index contributed by atoms with van der Waals surface area (Å²) >= 11 is 0. The van der Waals surface area contributed by atoms with Gasteiger partial charge < -0.3 is 15.6 Å². The molecule has 142 valence electrons. The summed E-state index contributed by atoms with van der Waals surface area (Å²) in [6.07, 6.45) is 0.690. The molecule has 0 saturated heterocycles. The van der Waals surface area contributed by atoms with Crippen LogP contribution < -0.4 is 11.3 Å². The lowest BCUT2D eigenvalue weighted by Gasteiger charge is -2.35. The third-order valence-electron chi connectivity index (χ3n) is 5.14. The largest absolute Gasteiger partial charge is 0.368 e. The first-order chi connectivity index (χ1) is 13.5. The number of nitrogens with two attached hydrogens (primary N) is 1. The SMILES string of the molecule is NC(=O)[C@@H]1Cc2ccccc2CN1C(=O)CCc1nc2ccccc2[nH]c1=O. The molecule has 1 aliphatic heterocycles. The number of benzene rings is 2. The molecule has 0 radical (unpaired) electrons. The molecule has 1 aromatic heterocycles. The first-order valence-electron chi connectivity index (χ1n) is 9.16. The Hall–Kier alpha value is -3.48. The molecule has 0 fully saturated rings. The third-order valence-corrected chi connectivity index (χ3v) is 5.14. The predicted molar refractivity (Wildman–Crippen MR) is 104 cm³/mol. The highest BCUT2D eigenvalue weighted by Crippen LogP contribution is 2.24. The lowest BCUT2D eigenvalue weighted by molar-refractivity contribution is -0.140. The number of hydrogen-bond acceptors (Lipinski definition) is 4. The Morgan fingerprint density at radius 2 is 1.82 bits per heavy atom. The summed E-state index contributed by atoms with van der Waals surface area (Å²) in [5, 5.41) is 0. The molecule has 1 aliphatic rings. The summed E-state index contributed by atoms with van der Waals surface area (Å²) in [5.41, 5.74) is 8.92. The van der Waals surface area contributed by atoms with Crippen LogP contribution in [0.4, 0.5) is 0 Å². The van der Waals surface area contributed by atoms with Crippen molar-refractivity contribution >= 4 is 22.8 Å². The summed E-state index contributed by atoms with van der Waals surface area (Å²) in [7, 11) is 0. The topological polar surface area (TPSA) is 109 Å². The molecule has 2 aromatic carbocycles. The van der Waals surface area contributed by atoms with Gasteiger partial charge >= 0.3 is 0 Å². The van der Waals surface area contributed by atoms with Gasteiger partial charge in [0, 0.05) is 25.8 Å². The average Bonchev–Trinajstić information content (AvgIpc) is 2.70. The van der Waals surface area contributed by atoms with E-state index in [4.69, 9.17) is 5.73 Å². The summed E-state index contributed by atoms with van der Waals surface area (Å²) < 4.78 is 0. The Kier molecular flexibility index (Phi) is 4.65. The number of nitrogens with one attached hydrogen (secondary N) is 1. The first-order valence-corrected chi connectivity index (χ1v) is 9.16. The molecule has 3 N–H and O–H groups in total. The molecule has 0 bridgehead atoms. The second-order valence-electron chi connectivity index (χ2n) is 6.94. The van der Waals surface area contributed by atoms with E-state index < -0.39 is 11.9 Å². The highest BCUT2D eigenvalue weighted by molar-refractivity contribution is 5.87. The lowest BCUT2D eigenvalue weighted by atomic mass is 9.93. The van der Waals surface area contributed by atoms with E-state index in [0.717, 1.165) is 11.1 Å². The quantitative estimate of drug-likeness (QED) is 0.715. The van der Waals surface area contributed by atoms with Crippen molar-refractivity contribution in [1.82, 2.24) is 14.9 Å². The van der Waals surface area contributed by atoms with E-state index in [-0.39, 0.29) is 24.3 Å². The van der Waals surface area contributed by atoms with Crippen LogP contribution in [0.1, 0.15) is 23.2 Å². The Morgan fingerprint density at radius 1 is 1.11 bits per heavy atom. The highest BCUT2D eigenvalue weighted by Gasteiger charge is 2.33. The minimum Gasteiger partial charge on any atom is -0.368 e. The van der Waals surface area contributed by atoms with Crippen molar-refractivity contribution in [2.24, 2.45) is 5.73 Å². The van der Waals surface area contributed by atoms with Gasteiger partial charge in [-0.2, -0.15) is 0 Å². The van der Waals surface area contributed by atoms with Gasteiger partial charge in [0.15, 0.2) is 0 Å². The van der Waals surface area contributed by atoms with Gasteiger partial charge in [-0.15, -0.1) is 0 Å². The van der Waals surface area contributed by atoms with Gasteiger partial charge in [-0.3, -0.25) is 14.4 Å². The molecule has 0 aliphatic carbocycles. The molecule has 28 heavy (non-hydrogen) atoms. The number of aromatic amines is 1. The van der Waals surface area contributed by atoms with E-state index in [2.05, 4.69) is 9.97 Å². The van der Waals surface area contributed by atoms with Gasteiger partial charge in [-0.25, -0.2) is 4.98 Å². The predicted octanol–water partition coefficient (Wildman–Crippen LogP) is 1.29. The summed E-state index contributed by atoms with van der Waals surface area (Å²) in [6, 6.07) is 14.3. The van der Waals surface area contributed by atoms with E-state index in [1.54, 1.807) is 12.1 Å². The number of amides is 2. The molecule has 7 heteroatoms. The fraction of sp³-hybridized carbons (Fsp3) is 0.238. The number of aromatic nitrogens is 2. The van der Waals surface area contributed by atoms with Crippen molar-refractivity contribution in [3.05, 3.63) is 75.7 Å². The number of fused-ring (bicyclic) bond motifs is 2. The fourth-order valence-corrected chi connectivity index (χ4v) is 3.65. The van der Waals surface area contributed by atoms with Crippen LogP contribution in [0.2, 0.25) is 0 Å². The van der Waals surface area contributed by atoms with Gasteiger partial charge in [-0.05, 0) is 23.3 Å². The Balaban J connectivity index is 1.54. The van der Waals surface area contributed by atoms with Crippen molar-refractivity contribution in [1.29, 1.82) is 0 Å². The number of aryl methyl sites for hydroxylation is 1. The van der Waals surface area contributed by atoms with Gasteiger partial charge in [0.05, 0.1) is 11.0 Å². The van der Waals surface area contributed by atoms with Crippen molar-refractivity contribution in [2.75, 3.05) is 0 Å². The number of para-hydroxylation sites is 2. The second kappa shape index (κ2) is 7.26. The smallest absolute Gasteiger partial charge is 0.270 e. The zero-order valence-electron chi connectivity index (χ0n) is 15.2. The molecular weight excluding hydrogens is 356 g/mol. The molecule has 2 amide bonds. The van der Waals surface area contributed by atoms with E-state index in [0.29, 0.717) is 29.7 Å². The van der Waals surface area contributed by atoms with E-state index in [9.17, 15) is 14.4 Å². The Bertz CT molecular complexity index is 1120. The van der Waals surface area contributed by atoms with Crippen LogP contribution in [0, 0.1) is 0 Å². The van der Waals surface area contributed by atoms with Crippen LogP contribution in [0.5, 0.6) is 0 Å². The lowest BCUT2D eigenvalue weighted by Crippen LogP contribution is -2.51. The number of carbonyl (C=O) groups excluding carboxylic acids is 2. The highest BCUT2D eigenvalue weighted by atomic mass is 16.2. The summed E-state index contributed by atoms with van der Waals surface area (Å²) in [5.74, 6) is -0.739. The zero-order chi connectivity index (χ0) is 19.7. The van der Waals surface area contributed by atoms with Crippen LogP contribution in [0.3, 0.4) is 0 Å². The molecule has 0 unspecified atom stereocenters. The maximum atomic E-state index is 12.8. The van der Waals surface area contributed by atoms with Crippen LogP contribution in [-0.4, -0.2) is 32.7 Å². The number of primary amides is 1. The average molecular weight is 376 g/mol. The van der Waals surface area contributed by atoms with Gasteiger partial charge in [0.2, 0.25) is 11.8 Å². The third kappa shape index (κ3) is 3.38. The van der Waals surface area contributed by atoms with E-state index in [1.165, 1.54) is 4.90 Å². The van der Waals surface area contributed by atoms with Crippen molar-refractivity contribution < 1.29 is 9.59 Å². The van der Waals surface area contributed by atoms with E-state index in [1.807, 2.05) is 36.4 Å². The fourth-order valence-electron chi connectivity index (χ4n) is 3.65. The van der Waals surface area contributed by atoms with Crippen LogP contribution in [0.15, 0.2) is 53.3 Å². The number of nitrogens with zero attached hydrogens (tertiary/aromatic N) is 2. The second-order valence-corrected chi connectivity index (χ2v) is 6.94. The van der Waals surface area contributed by atoms with Crippen molar-refractivity contribution in [2.45, 2.75) is 31.8 Å². The van der Waals surface area contributed by atoms with Gasteiger partial charge in [0.1, 0.15) is 11.7 Å². The Morgan fingerprint density at radius 3 is 2.61 bits per heavy atom. The number of rotatable bonds is 4. The van der Waals surface area contributed by atoms with Crippen molar-refractivity contribution in [3.8, 4) is 0 Å². The molecule has 3 aromatic rings. The monoisotopic (exact) mass is 376 g/mol. The molecule has 2 heterocycles. The minimum atomic E-state index is -0.676. The standard InChI is InChI=1S/C21H20N4O3/c22-20(27)18-11-13-5-1-2-6-14(13)12-25(18)19(26)10-9-17-21(28)24-16-8-4-3-7-15(16)23-17/h1-8,18H,9-12H2,(H2,22,27)(H,24,28)/t18-/m0/s1. The van der Waals surface area contributed by atoms with Crippen LogP contribution in [-0.2, 0) is 29.0 Å². The molecule has 0 spiro atoms. The molecule has 4 rings (SSSR count). The number of H-pyrrole nitrogens is 1. The van der Waals surface area contributed by atoms with Gasteiger partial charge in [0.25, 0.3) is 5.56 Å². The van der Waals surface area contributed by atoms with Gasteiger partial charge in [-0.1, -0.05) is 36.4 Å². The minimum absolute atomic E-state index is 0.0837. The maximum absolute atomic E-state index is 12.8. The van der Waals surface area contributed by atoms with Crippen LogP contribution >= 0.6 is 0 Å². The number of hydrogen-bond donors (Lipinski definition) is 2. The first kappa shape index (κ1) is 17.9. The molecular formula is C21H20N4O3. The summed E-state index contributed by atoms with van der Waals surface area (Å²) in [4.78, 5) is 45.7. The Labute approximate surface area is 161 Å². The molecule has 0 saturated carbocycles. The molecule has 1 atom stereocenters. The normalized spacial score (nSPS) is 16.0.